The number of ketones is 1. The third-order valence-corrected chi connectivity index (χ3v) is 8.34. The minimum absolute atomic E-state index is 0.155. The molecule has 1 aliphatic carbocycles. The number of aliphatic hydroxyl groups is 1. The highest BCUT2D eigenvalue weighted by molar-refractivity contribution is 5.98. The number of ether oxygens (including phenoxy) is 2. The van der Waals surface area contributed by atoms with Gasteiger partial charge >= 0.3 is 0 Å². The third kappa shape index (κ3) is 8.87. The van der Waals surface area contributed by atoms with Gasteiger partial charge in [-0.05, 0) is 76.1 Å². The summed E-state index contributed by atoms with van der Waals surface area (Å²) in [4.78, 5) is 53.3. The number of aliphatic hydroxyl groups excluding tert-OH is 1. The topological polar surface area (TPSA) is 146 Å². The molecular formula is C33H43N3O7. The van der Waals surface area contributed by atoms with Gasteiger partial charge in [0.25, 0.3) is 0 Å². The molecular weight excluding hydrogens is 550 g/mol. The molecule has 0 bridgehead atoms. The normalized spacial score (nSPS) is 23.3. The van der Waals surface area contributed by atoms with E-state index in [9.17, 15) is 24.3 Å². The summed E-state index contributed by atoms with van der Waals surface area (Å²) in [5.74, 6) is -1.12. The van der Waals surface area contributed by atoms with Gasteiger partial charge in [-0.2, -0.15) is 0 Å². The van der Waals surface area contributed by atoms with Crippen LogP contribution in [0.4, 0.5) is 0 Å². The molecule has 10 nitrogen and oxygen atoms in total. The second-order valence-corrected chi connectivity index (χ2v) is 12.0. The number of carbonyl (C=O) groups is 4. The lowest BCUT2D eigenvalue weighted by atomic mass is 9.87. The Hall–Kier alpha value is -3.76. The van der Waals surface area contributed by atoms with Crippen LogP contribution in [0.25, 0.3) is 0 Å². The van der Waals surface area contributed by atoms with E-state index >= 15 is 0 Å². The molecule has 4 atom stereocenters. The van der Waals surface area contributed by atoms with E-state index in [0.717, 1.165) is 16.7 Å². The molecule has 1 aliphatic heterocycles. The van der Waals surface area contributed by atoms with Crippen LogP contribution in [0.1, 0.15) is 56.2 Å². The monoisotopic (exact) mass is 593 g/mol. The zero-order valence-electron chi connectivity index (χ0n) is 25.4. The van der Waals surface area contributed by atoms with Gasteiger partial charge in [-0.25, -0.2) is 0 Å². The number of nitrogens with one attached hydrogen (secondary N) is 3. The van der Waals surface area contributed by atoms with Gasteiger partial charge in [0.2, 0.25) is 17.7 Å². The van der Waals surface area contributed by atoms with Crippen molar-refractivity contribution < 1.29 is 33.8 Å². The highest BCUT2D eigenvalue weighted by atomic mass is 16.6. The van der Waals surface area contributed by atoms with E-state index in [4.69, 9.17) is 9.47 Å². The van der Waals surface area contributed by atoms with E-state index in [0.29, 0.717) is 31.4 Å². The van der Waals surface area contributed by atoms with Crippen LogP contribution in [0, 0.1) is 12.8 Å². The summed E-state index contributed by atoms with van der Waals surface area (Å²) in [5, 5.41) is 18.2. The Morgan fingerprint density at radius 2 is 1.42 bits per heavy atom. The molecule has 4 rings (SSSR count). The van der Waals surface area contributed by atoms with Crippen molar-refractivity contribution >= 4 is 23.5 Å². The standard InChI is InChI=1S/C33H43N3O7/c1-20-5-7-22(8-6-20)17-27(29(38)33(3)19-43-33)35-32(41)28(18-23-9-15-26(42-4)16-10-23)36-30(39)21(2)34-31(40)24-11-13-25(37)14-12-24/h5-10,15-16,21,24-25,27-28,37H,11-14,17-19H2,1-4H3,(H,34,40)(H,35,41)(H,36,39)/t21-,24-,25-,27+,28+,33-/m1/s1. The molecule has 0 spiro atoms. The highest BCUT2D eigenvalue weighted by Crippen LogP contribution is 2.29. The predicted octanol–water partition coefficient (Wildman–Crippen LogP) is 2.17. The Balaban J connectivity index is 1.49. The smallest absolute Gasteiger partial charge is 0.243 e. The molecule has 2 aromatic carbocycles. The van der Waals surface area contributed by atoms with Gasteiger partial charge in [0.05, 0.1) is 25.9 Å². The second-order valence-electron chi connectivity index (χ2n) is 12.0. The Morgan fingerprint density at radius 3 is 1.98 bits per heavy atom. The van der Waals surface area contributed by atoms with Crippen LogP contribution < -0.4 is 20.7 Å². The fourth-order valence-electron chi connectivity index (χ4n) is 5.30. The summed E-state index contributed by atoms with van der Waals surface area (Å²) in [5.41, 5.74) is 1.79. The number of epoxide rings is 1. The van der Waals surface area contributed by atoms with Crippen LogP contribution in [0.3, 0.4) is 0 Å². The first kappa shape index (κ1) is 32.2. The van der Waals surface area contributed by atoms with E-state index in [1.165, 1.54) is 0 Å². The lowest BCUT2D eigenvalue weighted by molar-refractivity contribution is -0.134. The number of hydrogen-bond donors (Lipinski definition) is 4. The van der Waals surface area contributed by atoms with Gasteiger partial charge in [-0.15, -0.1) is 0 Å². The number of methoxy groups -OCH3 is 1. The minimum Gasteiger partial charge on any atom is -0.497 e. The molecule has 0 radical (unpaired) electrons. The molecule has 2 aliphatic rings. The van der Waals surface area contributed by atoms with Gasteiger partial charge in [0.15, 0.2) is 5.78 Å². The molecule has 232 valence electrons. The van der Waals surface area contributed by atoms with Crippen LogP contribution in [0.2, 0.25) is 0 Å². The fourth-order valence-corrected chi connectivity index (χ4v) is 5.30. The summed E-state index contributed by atoms with van der Waals surface area (Å²) in [6.45, 7) is 5.54. The SMILES string of the molecule is COc1ccc(C[C@H](NC(=O)[C@@H](C)NC(=O)[C@H]2CC[C@H](O)CC2)C(=O)N[C@@H](Cc2ccc(C)cc2)C(=O)[C@@]2(C)CO2)cc1. The molecule has 0 unspecified atom stereocenters. The number of aryl methyl sites for hydroxylation is 1. The summed E-state index contributed by atoms with van der Waals surface area (Å²) in [7, 11) is 1.56. The number of Topliss-reactive ketones (excluding diaryl/α,β-unsaturated/α-hetero) is 1. The average Bonchev–Trinajstić information content (AvgIpc) is 3.75. The lowest BCUT2D eigenvalue weighted by Crippen LogP contribution is -2.57. The maximum absolute atomic E-state index is 13.8. The van der Waals surface area contributed by atoms with E-state index in [-0.39, 0.29) is 37.1 Å². The van der Waals surface area contributed by atoms with Gasteiger partial charge in [0.1, 0.15) is 23.4 Å². The van der Waals surface area contributed by atoms with E-state index in [2.05, 4.69) is 16.0 Å². The van der Waals surface area contributed by atoms with Gasteiger partial charge in [0, 0.05) is 12.3 Å². The Bertz CT molecular complexity index is 1280. The van der Waals surface area contributed by atoms with Crippen LogP contribution in [0.15, 0.2) is 48.5 Å². The number of hydrogen-bond acceptors (Lipinski definition) is 7. The zero-order valence-corrected chi connectivity index (χ0v) is 25.4. The van der Waals surface area contributed by atoms with Crippen molar-refractivity contribution in [1.82, 2.24) is 16.0 Å². The van der Waals surface area contributed by atoms with E-state index in [1.807, 2.05) is 43.3 Å². The van der Waals surface area contributed by atoms with E-state index in [1.54, 1.807) is 33.1 Å². The molecule has 1 saturated heterocycles. The maximum atomic E-state index is 13.8. The van der Waals surface area contributed by atoms with Gasteiger partial charge < -0.3 is 30.5 Å². The molecule has 1 saturated carbocycles. The minimum atomic E-state index is -1.02. The number of carbonyl (C=O) groups excluding carboxylic acids is 4. The zero-order chi connectivity index (χ0) is 31.1. The average molecular weight is 594 g/mol. The van der Waals surface area contributed by atoms with Crippen molar-refractivity contribution in [3.8, 4) is 5.75 Å². The third-order valence-electron chi connectivity index (χ3n) is 8.34. The molecule has 3 amide bonds. The number of amides is 3. The maximum Gasteiger partial charge on any atom is 0.243 e. The van der Waals surface area contributed by atoms with Crippen molar-refractivity contribution in [3.05, 3.63) is 65.2 Å². The molecule has 2 fully saturated rings. The van der Waals surface area contributed by atoms with Crippen LogP contribution >= 0.6 is 0 Å². The first-order valence-electron chi connectivity index (χ1n) is 14.9. The quantitative estimate of drug-likeness (QED) is 0.261. The number of benzene rings is 2. The van der Waals surface area contributed by atoms with Crippen molar-refractivity contribution in [2.75, 3.05) is 13.7 Å². The van der Waals surface area contributed by atoms with Crippen molar-refractivity contribution in [2.45, 2.75) is 89.1 Å². The van der Waals surface area contributed by atoms with Crippen molar-refractivity contribution in [2.24, 2.45) is 5.92 Å². The molecule has 4 N–H and O–H groups in total. The van der Waals surface area contributed by atoms with Crippen LogP contribution in [-0.4, -0.2) is 72.2 Å². The first-order chi connectivity index (χ1) is 20.5. The Labute approximate surface area is 252 Å². The largest absolute Gasteiger partial charge is 0.497 e. The molecule has 10 heteroatoms. The second kappa shape index (κ2) is 14.1. The summed E-state index contributed by atoms with van der Waals surface area (Å²) < 4.78 is 10.6. The predicted molar refractivity (Wildman–Crippen MR) is 160 cm³/mol. The molecule has 2 aromatic rings. The molecule has 1 heterocycles. The summed E-state index contributed by atoms with van der Waals surface area (Å²) >= 11 is 0. The van der Waals surface area contributed by atoms with Crippen LogP contribution in [-0.2, 0) is 36.8 Å². The summed E-state index contributed by atoms with van der Waals surface area (Å²) in [6.07, 6.45) is 2.26. The highest BCUT2D eigenvalue weighted by Gasteiger charge is 2.50. The first-order valence-corrected chi connectivity index (χ1v) is 14.9. The van der Waals surface area contributed by atoms with E-state index < -0.39 is 41.6 Å². The molecule has 0 aromatic heterocycles. The lowest BCUT2D eigenvalue weighted by Gasteiger charge is -2.27. The van der Waals surface area contributed by atoms with Crippen molar-refractivity contribution in [1.29, 1.82) is 0 Å². The number of rotatable bonds is 13. The van der Waals surface area contributed by atoms with Gasteiger partial charge in [-0.3, -0.25) is 19.2 Å². The van der Waals surface area contributed by atoms with Gasteiger partial charge in [-0.1, -0.05) is 42.0 Å². The fraction of sp³-hybridized carbons (Fsp3) is 0.515. The van der Waals surface area contributed by atoms with Crippen LogP contribution in [0.5, 0.6) is 5.75 Å². The molecule has 43 heavy (non-hydrogen) atoms. The van der Waals surface area contributed by atoms with Crippen molar-refractivity contribution in [3.63, 3.8) is 0 Å². The Kier molecular flexibility index (Phi) is 10.6. The summed E-state index contributed by atoms with van der Waals surface area (Å²) in [6, 6.07) is 12.1. The Morgan fingerprint density at radius 1 is 0.884 bits per heavy atom.